The normalized spacial score (nSPS) is 8.62. The van der Waals surface area contributed by atoms with E-state index in [1.807, 2.05) is 0 Å². The van der Waals surface area contributed by atoms with Gasteiger partial charge in [0.05, 0.1) is 6.42 Å². The van der Waals surface area contributed by atoms with Gasteiger partial charge in [0, 0.05) is 0 Å². The van der Waals surface area contributed by atoms with Crippen LogP contribution >= 0.6 is 12.4 Å². The molecule has 0 aliphatic heterocycles. The molecule has 8 heavy (non-hydrogen) atoms. The number of halogens is 1. The van der Waals surface area contributed by atoms with E-state index >= 15 is 0 Å². The highest BCUT2D eigenvalue weighted by Gasteiger charge is 1.85. The number of carboxylic acid groups (broad SMARTS) is 1. The first-order valence-electron chi connectivity index (χ1n) is 2.10. The van der Waals surface area contributed by atoms with Gasteiger partial charge in [-0.05, 0) is 6.92 Å². The Balaban J connectivity index is 0. The Morgan fingerprint density at radius 3 is 2.38 bits per heavy atom. The minimum atomic E-state index is -0.780. The molecule has 0 aliphatic rings. The monoisotopic (exact) mass is 136 g/mol. The maximum absolute atomic E-state index is 9.71. The lowest BCUT2D eigenvalue weighted by molar-refractivity contribution is -0.136. The Morgan fingerprint density at radius 1 is 1.75 bits per heavy atom. The van der Waals surface area contributed by atoms with Gasteiger partial charge in [-0.1, -0.05) is 12.2 Å². The Bertz CT molecular complexity index is 88.4. The molecule has 0 amide bonds. The van der Waals surface area contributed by atoms with Crippen molar-refractivity contribution < 1.29 is 9.90 Å². The van der Waals surface area contributed by atoms with Gasteiger partial charge in [0.1, 0.15) is 0 Å². The number of rotatable bonds is 2. The molecule has 0 bridgehead atoms. The Kier molecular flexibility index (Phi) is 8.51. The average molecular weight is 137 g/mol. The quantitative estimate of drug-likeness (QED) is 0.584. The van der Waals surface area contributed by atoms with Crippen LogP contribution in [0, 0.1) is 0 Å². The molecule has 0 atom stereocenters. The summed E-state index contributed by atoms with van der Waals surface area (Å²) in [5.74, 6) is -0.780. The molecule has 0 aromatic heterocycles. The Morgan fingerprint density at radius 2 is 2.25 bits per heavy atom. The molecule has 0 spiro atoms. The zero-order chi connectivity index (χ0) is 5.70. The summed E-state index contributed by atoms with van der Waals surface area (Å²) in [6.07, 6.45) is 3.45. The first-order chi connectivity index (χ1) is 3.27. The fourth-order valence-electron chi connectivity index (χ4n) is 0.219. The van der Waals surface area contributed by atoms with Crippen molar-refractivity contribution in [1.82, 2.24) is 0 Å². The van der Waals surface area contributed by atoms with Crippen LogP contribution in [0.2, 0.25) is 0 Å². The standard InChI is InChI=1S/C5H8O2.ClH/c1-2-3-4-5(6)7;/h2-3H,4H2,1H3,(H,6,7);1H/b3-2+;. The minimum Gasteiger partial charge on any atom is -0.481 e. The molecule has 0 rings (SSSR count). The van der Waals surface area contributed by atoms with E-state index in [1.54, 1.807) is 19.1 Å². The lowest BCUT2D eigenvalue weighted by atomic mass is 10.4. The molecule has 0 aromatic rings. The van der Waals surface area contributed by atoms with E-state index in [0.717, 1.165) is 0 Å². The van der Waals surface area contributed by atoms with Crippen molar-refractivity contribution in [1.29, 1.82) is 0 Å². The fourth-order valence-corrected chi connectivity index (χ4v) is 0.219. The zero-order valence-electron chi connectivity index (χ0n) is 4.63. The van der Waals surface area contributed by atoms with Crippen LogP contribution in [-0.4, -0.2) is 11.1 Å². The Hall–Kier alpha value is -0.500. The van der Waals surface area contributed by atoms with Crippen molar-refractivity contribution in [2.24, 2.45) is 0 Å². The maximum atomic E-state index is 9.71. The Labute approximate surface area is 54.6 Å². The number of carbonyl (C=O) groups is 1. The summed E-state index contributed by atoms with van der Waals surface area (Å²) >= 11 is 0. The van der Waals surface area contributed by atoms with Crippen molar-refractivity contribution in [3.05, 3.63) is 12.2 Å². The summed E-state index contributed by atoms with van der Waals surface area (Å²) in [7, 11) is 0. The summed E-state index contributed by atoms with van der Waals surface area (Å²) < 4.78 is 0. The van der Waals surface area contributed by atoms with Crippen LogP contribution in [0.1, 0.15) is 13.3 Å². The molecule has 3 heteroatoms. The van der Waals surface area contributed by atoms with Gasteiger partial charge in [-0.2, -0.15) is 0 Å². The van der Waals surface area contributed by atoms with Gasteiger partial charge in [-0.25, -0.2) is 0 Å². The predicted octanol–water partition coefficient (Wildman–Crippen LogP) is 1.46. The molecule has 0 unspecified atom stereocenters. The van der Waals surface area contributed by atoms with Gasteiger partial charge in [0.2, 0.25) is 0 Å². The summed E-state index contributed by atoms with van der Waals surface area (Å²) in [4.78, 5) is 9.71. The molecular formula is C5H9ClO2. The van der Waals surface area contributed by atoms with Crippen LogP contribution < -0.4 is 0 Å². The first kappa shape index (κ1) is 10.5. The summed E-state index contributed by atoms with van der Waals surface area (Å²) in [6, 6.07) is 0. The molecule has 1 N–H and O–H groups in total. The van der Waals surface area contributed by atoms with Gasteiger partial charge in [0.25, 0.3) is 0 Å². The van der Waals surface area contributed by atoms with Gasteiger partial charge >= 0.3 is 5.97 Å². The smallest absolute Gasteiger partial charge is 0.307 e. The molecule has 0 aromatic carbocycles. The highest BCUT2D eigenvalue weighted by Crippen LogP contribution is 1.79. The second-order valence-electron chi connectivity index (χ2n) is 1.17. The second kappa shape index (κ2) is 6.50. The van der Waals surface area contributed by atoms with Crippen LogP contribution in [-0.2, 0) is 4.79 Å². The molecule has 0 heterocycles. The SMILES string of the molecule is C/C=C/CC(=O)O.Cl. The summed E-state index contributed by atoms with van der Waals surface area (Å²) in [5, 5.41) is 7.99. The minimum absolute atomic E-state index is 0. The van der Waals surface area contributed by atoms with E-state index in [4.69, 9.17) is 5.11 Å². The van der Waals surface area contributed by atoms with Gasteiger partial charge in [-0.3, -0.25) is 4.79 Å². The third-order valence-corrected chi connectivity index (χ3v) is 0.528. The van der Waals surface area contributed by atoms with Crippen LogP contribution in [0.15, 0.2) is 12.2 Å². The predicted molar refractivity (Wildman–Crippen MR) is 34.3 cm³/mol. The number of carboxylic acids is 1. The zero-order valence-corrected chi connectivity index (χ0v) is 5.44. The summed E-state index contributed by atoms with van der Waals surface area (Å²) in [6.45, 7) is 1.79. The number of aliphatic carboxylic acids is 1. The van der Waals surface area contributed by atoms with Crippen LogP contribution in [0.25, 0.3) is 0 Å². The third-order valence-electron chi connectivity index (χ3n) is 0.528. The van der Waals surface area contributed by atoms with E-state index < -0.39 is 5.97 Å². The highest BCUT2D eigenvalue weighted by molar-refractivity contribution is 5.85. The number of hydrogen-bond acceptors (Lipinski definition) is 1. The molecule has 0 saturated carbocycles. The summed E-state index contributed by atoms with van der Waals surface area (Å²) in [5.41, 5.74) is 0. The molecule has 0 aliphatic carbocycles. The number of allylic oxidation sites excluding steroid dienone is 1. The van der Waals surface area contributed by atoms with E-state index in [1.165, 1.54) is 0 Å². The average Bonchev–Trinajstić information content (AvgIpc) is 1.61. The molecule has 0 radical (unpaired) electrons. The van der Waals surface area contributed by atoms with Crippen molar-refractivity contribution in [3.63, 3.8) is 0 Å². The molecule has 2 nitrogen and oxygen atoms in total. The van der Waals surface area contributed by atoms with E-state index in [9.17, 15) is 4.79 Å². The molecular weight excluding hydrogens is 128 g/mol. The third kappa shape index (κ3) is 9.09. The van der Waals surface area contributed by atoms with E-state index in [0.29, 0.717) is 0 Å². The van der Waals surface area contributed by atoms with Gasteiger partial charge in [-0.15, -0.1) is 12.4 Å². The molecule has 0 fully saturated rings. The van der Waals surface area contributed by atoms with Crippen molar-refractivity contribution in [2.45, 2.75) is 13.3 Å². The lowest BCUT2D eigenvalue weighted by Gasteiger charge is -1.77. The highest BCUT2D eigenvalue weighted by atomic mass is 35.5. The fraction of sp³-hybridized carbons (Fsp3) is 0.400. The van der Waals surface area contributed by atoms with E-state index in [-0.39, 0.29) is 18.8 Å². The topological polar surface area (TPSA) is 37.3 Å². The first-order valence-corrected chi connectivity index (χ1v) is 2.10. The number of hydrogen-bond donors (Lipinski definition) is 1. The van der Waals surface area contributed by atoms with Crippen LogP contribution in [0.3, 0.4) is 0 Å². The van der Waals surface area contributed by atoms with E-state index in [2.05, 4.69) is 0 Å². The molecule has 0 saturated heterocycles. The lowest BCUT2D eigenvalue weighted by Crippen LogP contribution is -1.88. The van der Waals surface area contributed by atoms with Gasteiger partial charge in [0.15, 0.2) is 0 Å². The molecule has 48 valence electrons. The van der Waals surface area contributed by atoms with Crippen LogP contribution in [0.4, 0.5) is 0 Å². The van der Waals surface area contributed by atoms with Gasteiger partial charge < -0.3 is 5.11 Å². The largest absolute Gasteiger partial charge is 0.481 e. The maximum Gasteiger partial charge on any atom is 0.307 e. The van der Waals surface area contributed by atoms with Crippen molar-refractivity contribution in [2.75, 3.05) is 0 Å². The van der Waals surface area contributed by atoms with Crippen molar-refractivity contribution >= 4 is 18.4 Å². The van der Waals surface area contributed by atoms with Crippen molar-refractivity contribution in [3.8, 4) is 0 Å². The van der Waals surface area contributed by atoms with Crippen LogP contribution in [0.5, 0.6) is 0 Å². The second-order valence-corrected chi connectivity index (χ2v) is 1.17.